The molecule has 3 aromatic rings. The molecule has 0 aliphatic heterocycles. The molecule has 0 spiro atoms. The Bertz CT molecular complexity index is 958. The van der Waals surface area contributed by atoms with Gasteiger partial charge in [0.05, 0.1) is 12.6 Å². The van der Waals surface area contributed by atoms with Crippen LogP contribution in [0.4, 0.5) is 0 Å². The maximum absolute atomic E-state index is 12.5. The summed E-state index contributed by atoms with van der Waals surface area (Å²) in [6.07, 6.45) is 3.57. The third-order valence-electron chi connectivity index (χ3n) is 4.35. The Morgan fingerprint density at radius 3 is 2.62 bits per heavy atom. The molecule has 2 aromatic heterocycles. The highest BCUT2D eigenvalue weighted by Gasteiger charge is 2.18. The number of aryl methyl sites for hydroxylation is 1. The van der Waals surface area contributed by atoms with E-state index in [4.69, 9.17) is 11.6 Å². The number of halogens is 1. The molecule has 0 bridgehead atoms. The topological polar surface area (TPSA) is 71.1 Å². The lowest BCUT2D eigenvalue weighted by molar-refractivity contribution is -0.120. The van der Waals surface area contributed by atoms with Gasteiger partial charge in [0.1, 0.15) is 5.69 Å². The highest BCUT2D eigenvalue weighted by Crippen LogP contribution is 2.26. The van der Waals surface area contributed by atoms with Crippen molar-refractivity contribution in [2.24, 2.45) is 0 Å². The Morgan fingerprint density at radius 2 is 1.97 bits per heavy atom. The zero-order chi connectivity index (χ0) is 20.6. The van der Waals surface area contributed by atoms with E-state index >= 15 is 0 Å². The summed E-state index contributed by atoms with van der Waals surface area (Å²) < 4.78 is 0. The van der Waals surface area contributed by atoms with Gasteiger partial charge in [-0.3, -0.25) is 14.6 Å². The van der Waals surface area contributed by atoms with Crippen LogP contribution in [0.25, 0.3) is 0 Å². The lowest BCUT2D eigenvalue weighted by Crippen LogP contribution is -2.39. The van der Waals surface area contributed by atoms with Crippen LogP contribution in [0.15, 0.2) is 60.1 Å². The second-order valence-electron chi connectivity index (χ2n) is 6.55. The molecule has 7 heteroatoms. The Kier molecular flexibility index (Phi) is 7.38. The number of rotatable bonds is 8. The van der Waals surface area contributed by atoms with Gasteiger partial charge in [0.25, 0.3) is 5.91 Å². The predicted octanol–water partition coefficient (Wildman–Crippen LogP) is 4.38. The monoisotopic (exact) mass is 427 g/mol. The zero-order valence-electron chi connectivity index (χ0n) is 16.0. The molecule has 1 aromatic carbocycles. The summed E-state index contributed by atoms with van der Waals surface area (Å²) in [6, 6.07) is 15.0. The van der Waals surface area contributed by atoms with E-state index in [1.165, 1.54) is 17.8 Å². The number of thiophene rings is 1. The molecule has 29 heavy (non-hydrogen) atoms. The number of carbonyl (C=O) groups is 2. The molecule has 1 unspecified atom stereocenters. The number of hydrogen-bond acceptors (Lipinski definition) is 4. The summed E-state index contributed by atoms with van der Waals surface area (Å²) in [6.45, 7) is 2.00. The Morgan fingerprint density at radius 1 is 1.17 bits per heavy atom. The quantitative estimate of drug-likeness (QED) is 0.560. The molecule has 0 aliphatic rings. The number of nitrogens with zero attached hydrogens (tertiary/aromatic N) is 1. The second kappa shape index (κ2) is 10.2. The molecular formula is C22H22ClN3O2S. The molecule has 2 N–H and O–H groups in total. The van der Waals surface area contributed by atoms with Crippen LogP contribution in [0.5, 0.6) is 0 Å². The van der Waals surface area contributed by atoms with Crippen LogP contribution >= 0.6 is 22.9 Å². The average Bonchev–Trinajstić information content (AvgIpc) is 3.26. The molecule has 0 saturated carbocycles. The van der Waals surface area contributed by atoms with Crippen molar-refractivity contribution >= 4 is 34.8 Å². The minimum absolute atomic E-state index is 0.150. The summed E-state index contributed by atoms with van der Waals surface area (Å²) in [5, 5.41) is 8.00. The fourth-order valence-corrected chi connectivity index (χ4v) is 3.89. The SMILES string of the molecule is CCCc1ccc(C(NC(=O)CNC(=O)c2cc(Cl)ccn2)c2cccs2)cc1. The van der Waals surface area contributed by atoms with Crippen molar-refractivity contribution in [1.29, 1.82) is 0 Å². The Balaban J connectivity index is 1.66. The van der Waals surface area contributed by atoms with Crippen molar-refractivity contribution in [3.63, 3.8) is 0 Å². The van der Waals surface area contributed by atoms with E-state index in [9.17, 15) is 9.59 Å². The summed E-state index contributed by atoms with van der Waals surface area (Å²) in [7, 11) is 0. The van der Waals surface area contributed by atoms with Gasteiger partial charge < -0.3 is 10.6 Å². The standard InChI is InChI=1S/C22H22ClN3O2S/c1-2-4-15-6-8-16(9-7-15)21(19-5-3-12-29-19)26-20(27)14-25-22(28)18-13-17(23)10-11-24-18/h3,5-13,21H,2,4,14H2,1H3,(H,25,28)(H,26,27). The highest BCUT2D eigenvalue weighted by atomic mass is 35.5. The van der Waals surface area contributed by atoms with Crippen molar-refractivity contribution in [2.75, 3.05) is 6.54 Å². The number of hydrogen-bond donors (Lipinski definition) is 2. The van der Waals surface area contributed by atoms with E-state index in [-0.39, 0.29) is 24.2 Å². The summed E-state index contributed by atoms with van der Waals surface area (Å²) in [5.74, 6) is -0.726. The third-order valence-corrected chi connectivity index (χ3v) is 5.52. The smallest absolute Gasteiger partial charge is 0.270 e. The summed E-state index contributed by atoms with van der Waals surface area (Å²) >= 11 is 7.46. The van der Waals surface area contributed by atoms with Gasteiger partial charge in [-0.1, -0.05) is 55.3 Å². The van der Waals surface area contributed by atoms with Crippen LogP contribution in [-0.2, 0) is 11.2 Å². The normalized spacial score (nSPS) is 11.7. The van der Waals surface area contributed by atoms with Gasteiger partial charge in [0.15, 0.2) is 0 Å². The van der Waals surface area contributed by atoms with Crippen LogP contribution in [0.1, 0.15) is 45.9 Å². The molecule has 1 atom stereocenters. The van der Waals surface area contributed by atoms with E-state index in [1.54, 1.807) is 17.4 Å². The van der Waals surface area contributed by atoms with Crippen molar-refractivity contribution in [1.82, 2.24) is 15.6 Å². The van der Waals surface area contributed by atoms with E-state index < -0.39 is 5.91 Å². The fraction of sp³-hybridized carbons (Fsp3) is 0.227. The molecule has 2 amide bonds. The van der Waals surface area contributed by atoms with Gasteiger partial charge in [-0.25, -0.2) is 0 Å². The number of aromatic nitrogens is 1. The molecule has 0 fully saturated rings. The van der Waals surface area contributed by atoms with Gasteiger partial charge in [-0.15, -0.1) is 11.3 Å². The van der Waals surface area contributed by atoms with Crippen molar-refractivity contribution in [2.45, 2.75) is 25.8 Å². The lowest BCUT2D eigenvalue weighted by Gasteiger charge is -2.19. The van der Waals surface area contributed by atoms with Crippen LogP contribution in [-0.4, -0.2) is 23.3 Å². The van der Waals surface area contributed by atoms with Gasteiger partial charge >= 0.3 is 0 Å². The largest absolute Gasteiger partial charge is 0.343 e. The number of pyridine rings is 1. The van der Waals surface area contributed by atoms with Crippen molar-refractivity contribution in [3.8, 4) is 0 Å². The van der Waals surface area contributed by atoms with Gasteiger partial charge in [0, 0.05) is 16.1 Å². The van der Waals surface area contributed by atoms with E-state index in [2.05, 4.69) is 34.7 Å². The maximum atomic E-state index is 12.5. The first kappa shape index (κ1) is 21.0. The van der Waals surface area contributed by atoms with Gasteiger partial charge in [0.2, 0.25) is 5.91 Å². The lowest BCUT2D eigenvalue weighted by atomic mass is 10.0. The zero-order valence-corrected chi connectivity index (χ0v) is 17.6. The number of nitrogens with one attached hydrogen (secondary N) is 2. The Labute approximate surface area is 179 Å². The maximum Gasteiger partial charge on any atom is 0.270 e. The number of amides is 2. The molecular weight excluding hydrogens is 406 g/mol. The molecule has 2 heterocycles. The molecule has 5 nitrogen and oxygen atoms in total. The van der Waals surface area contributed by atoms with Crippen molar-refractivity contribution < 1.29 is 9.59 Å². The average molecular weight is 428 g/mol. The molecule has 0 saturated heterocycles. The minimum atomic E-state index is -0.445. The first-order valence-electron chi connectivity index (χ1n) is 9.38. The van der Waals surface area contributed by atoms with Crippen molar-refractivity contribution in [3.05, 3.63) is 86.8 Å². The van der Waals surface area contributed by atoms with Gasteiger partial charge in [-0.2, -0.15) is 0 Å². The second-order valence-corrected chi connectivity index (χ2v) is 7.97. The highest BCUT2D eigenvalue weighted by molar-refractivity contribution is 7.10. The van der Waals surface area contributed by atoms with E-state index in [0.717, 1.165) is 23.3 Å². The first-order chi connectivity index (χ1) is 14.1. The fourth-order valence-electron chi connectivity index (χ4n) is 2.93. The molecule has 3 rings (SSSR count). The van der Waals surface area contributed by atoms with Gasteiger partial charge in [-0.05, 0) is 41.1 Å². The first-order valence-corrected chi connectivity index (χ1v) is 10.6. The van der Waals surface area contributed by atoms with Crippen LogP contribution < -0.4 is 10.6 Å². The number of carbonyl (C=O) groups excluding carboxylic acids is 2. The summed E-state index contributed by atoms with van der Waals surface area (Å²) in [5.41, 5.74) is 2.45. The third kappa shape index (κ3) is 5.89. The predicted molar refractivity (Wildman–Crippen MR) is 116 cm³/mol. The van der Waals surface area contributed by atoms with Crippen LogP contribution in [0.2, 0.25) is 5.02 Å². The number of benzene rings is 1. The summed E-state index contributed by atoms with van der Waals surface area (Å²) in [4.78, 5) is 29.7. The molecule has 0 radical (unpaired) electrons. The van der Waals surface area contributed by atoms with E-state index in [0.29, 0.717) is 5.02 Å². The Hall–Kier alpha value is -2.70. The molecule has 150 valence electrons. The van der Waals surface area contributed by atoms with Crippen LogP contribution in [0.3, 0.4) is 0 Å². The van der Waals surface area contributed by atoms with E-state index in [1.807, 2.05) is 29.6 Å². The molecule has 0 aliphatic carbocycles. The minimum Gasteiger partial charge on any atom is -0.343 e. The van der Waals surface area contributed by atoms with Crippen LogP contribution in [0, 0.1) is 0 Å².